The molecule has 2 aromatic carbocycles. The van der Waals surface area contributed by atoms with Crippen LogP contribution in [0, 0.1) is 0 Å². The van der Waals surface area contributed by atoms with E-state index < -0.39 is 0 Å². The Kier molecular flexibility index (Phi) is 6.53. The minimum Gasteiger partial charge on any atom is -0.497 e. The van der Waals surface area contributed by atoms with Crippen LogP contribution in [-0.4, -0.2) is 39.1 Å². The molecular formula is C23H21ClN4O3S. The van der Waals surface area contributed by atoms with Crippen molar-refractivity contribution in [3.63, 3.8) is 0 Å². The van der Waals surface area contributed by atoms with Gasteiger partial charge in [0, 0.05) is 17.0 Å². The van der Waals surface area contributed by atoms with Gasteiger partial charge >= 0.3 is 0 Å². The highest BCUT2D eigenvalue weighted by Crippen LogP contribution is 2.28. The van der Waals surface area contributed by atoms with E-state index in [-0.39, 0.29) is 18.5 Å². The molecule has 32 heavy (non-hydrogen) atoms. The molecule has 0 aliphatic heterocycles. The summed E-state index contributed by atoms with van der Waals surface area (Å²) in [7, 11) is 1.62. The fraction of sp³-hybridized carbons (Fsp3) is 0.217. The number of rotatable bonds is 7. The lowest BCUT2D eigenvalue weighted by atomic mass is 10.2. The molecule has 1 amide bonds. The van der Waals surface area contributed by atoms with Gasteiger partial charge in [-0.05, 0) is 50.2 Å². The minimum absolute atomic E-state index is 0.0932. The number of carbonyl (C=O) groups excluding carboxylic acids is 1. The molecule has 2 aromatic heterocycles. The molecule has 0 saturated heterocycles. The molecule has 0 fully saturated rings. The van der Waals surface area contributed by atoms with Crippen molar-refractivity contribution in [3.8, 4) is 27.8 Å². The standard InChI is InChI=1S/C23H21ClN4O3S/c1-14(2)28(12-20-26-27-21(31-20)17-6-4-5-7-18(17)24)23(29)19-13-32-22(25-19)15-8-10-16(30-3)11-9-15/h4-11,13-14H,12H2,1-3H3. The SMILES string of the molecule is COc1ccc(-c2nc(C(=O)N(Cc3nnc(-c4ccccc4Cl)o3)C(C)C)cs2)cc1. The number of carbonyl (C=O) groups is 1. The number of nitrogens with zero attached hydrogens (tertiary/aromatic N) is 4. The highest BCUT2D eigenvalue weighted by atomic mass is 35.5. The quantitative estimate of drug-likeness (QED) is 0.352. The molecule has 0 N–H and O–H groups in total. The van der Waals surface area contributed by atoms with Crippen LogP contribution in [-0.2, 0) is 6.54 Å². The normalized spacial score (nSPS) is 11.0. The van der Waals surface area contributed by atoms with Gasteiger partial charge in [0.15, 0.2) is 0 Å². The Morgan fingerprint density at radius 3 is 2.59 bits per heavy atom. The number of halogens is 1. The molecule has 0 spiro atoms. The number of thiazole rings is 1. The lowest BCUT2D eigenvalue weighted by Gasteiger charge is -2.24. The second kappa shape index (κ2) is 9.50. The van der Waals surface area contributed by atoms with Gasteiger partial charge in [0.1, 0.15) is 16.5 Å². The van der Waals surface area contributed by atoms with Crippen LogP contribution in [0.1, 0.15) is 30.2 Å². The van der Waals surface area contributed by atoms with Crippen molar-refractivity contribution in [3.05, 3.63) is 70.5 Å². The summed E-state index contributed by atoms with van der Waals surface area (Å²) in [6, 6.07) is 14.7. The average molecular weight is 469 g/mol. The predicted octanol–water partition coefficient (Wildman–Crippen LogP) is 5.57. The summed E-state index contributed by atoms with van der Waals surface area (Å²) < 4.78 is 11.0. The number of ether oxygens (including phenoxy) is 1. The van der Waals surface area contributed by atoms with E-state index in [4.69, 9.17) is 20.8 Å². The van der Waals surface area contributed by atoms with Gasteiger partial charge in [0.2, 0.25) is 11.8 Å². The molecule has 0 bridgehead atoms. The Labute approximate surface area is 194 Å². The molecule has 4 aromatic rings. The Morgan fingerprint density at radius 2 is 1.91 bits per heavy atom. The Hall–Kier alpha value is -3.23. The first-order valence-corrected chi connectivity index (χ1v) is 11.2. The van der Waals surface area contributed by atoms with Gasteiger partial charge in [-0.25, -0.2) is 4.98 Å². The third-order valence-electron chi connectivity index (χ3n) is 4.82. The highest BCUT2D eigenvalue weighted by molar-refractivity contribution is 7.13. The van der Waals surface area contributed by atoms with Gasteiger partial charge in [-0.2, -0.15) is 0 Å². The van der Waals surface area contributed by atoms with Crippen LogP contribution in [0.25, 0.3) is 22.0 Å². The molecule has 0 saturated carbocycles. The number of methoxy groups -OCH3 is 1. The van der Waals surface area contributed by atoms with E-state index in [1.54, 1.807) is 29.5 Å². The van der Waals surface area contributed by atoms with Crippen molar-refractivity contribution in [1.82, 2.24) is 20.1 Å². The van der Waals surface area contributed by atoms with Crippen molar-refractivity contribution in [1.29, 1.82) is 0 Å². The maximum absolute atomic E-state index is 13.2. The largest absolute Gasteiger partial charge is 0.497 e. The lowest BCUT2D eigenvalue weighted by Crippen LogP contribution is -2.36. The molecular weight excluding hydrogens is 448 g/mol. The highest BCUT2D eigenvalue weighted by Gasteiger charge is 2.24. The Bertz CT molecular complexity index is 1220. The van der Waals surface area contributed by atoms with E-state index in [9.17, 15) is 4.79 Å². The monoisotopic (exact) mass is 468 g/mol. The van der Waals surface area contributed by atoms with Crippen LogP contribution in [0.4, 0.5) is 0 Å². The number of hydrogen-bond donors (Lipinski definition) is 0. The van der Waals surface area contributed by atoms with Gasteiger partial charge in [-0.1, -0.05) is 23.7 Å². The molecule has 2 heterocycles. The first-order valence-electron chi connectivity index (χ1n) is 9.94. The summed E-state index contributed by atoms with van der Waals surface area (Å²) in [6.45, 7) is 4.03. The Balaban J connectivity index is 1.53. The van der Waals surface area contributed by atoms with E-state index in [0.717, 1.165) is 16.3 Å². The fourth-order valence-electron chi connectivity index (χ4n) is 3.08. The van der Waals surface area contributed by atoms with Gasteiger partial charge in [0.05, 0.1) is 24.2 Å². The van der Waals surface area contributed by atoms with Gasteiger partial charge < -0.3 is 14.1 Å². The average Bonchev–Trinajstić information content (AvgIpc) is 3.47. The van der Waals surface area contributed by atoms with Gasteiger partial charge in [-0.3, -0.25) is 4.79 Å². The van der Waals surface area contributed by atoms with E-state index >= 15 is 0 Å². The topological polar surface area (TPSA) is 81.4 Å². The van der Waals surface area contributed by atoms with Gasteiger partial charge in [0.25, 0.3) is 5.91 Å². The van der Waals surface area contributed by atoms with Gasteiger partial charge in [-0.15, -0.1) is 21.5 Å². The number of hydrogen-bond acceptors (Lipinski definition) is 7. The zero-order valence-electron chi connectivity index (χ0n) is 17.8. The number of aromatic nitrogens is 3. The van der Waals surface area contributed by atoms with Crippen LogP contribution in [0.2, 0.25) is 5.02 Å². The smallest absolute Gasteiger partial charge is 0.274 e. The molecule has 164 valence electrons. The zero-order valence-corrected chi connectivity index (χ0v) is 19.4. The third-order valence-corrected chi connectivity index (χ3v) is 6.04. The molecule has 0 unspecified atom stereocenters. The molecule has 7 nitrogen and oxygen atoms in total. The van der Waals surface area contributed by atoms with Crippen LogP contribution in [0.15, 0.2) is 58.3 Å². The molecule has 4 rings (SSSR count). The molecule has 9 heteroatoms. The van der Waals surface area contributed by atoms with Crippen molar-refractivity contribution in [2.45, 2.75) is 26.4 Å². The number of amides is 1. The van der Waals surface area contributed by atoms with Crippen LogP contribution in [0.5, 0.6) is 5.75 Å². The van der Waals surface area contributed by atoms with E-state index in [1.165, 1.54) is 11.3 Å². The van der Waals surface area contributed by atoms with Crippen molar-refractivity contribution in [2.24, 2.45) is 0 Å². The molecule has 0 atom stereocenters. The summed E-state index contributed by atoms with van der Waals surface area (Å²) >= 11 is 7.64. The van der Waals surface area contributed by atoms with E-state index in [1.807, 2.05) is 50.2 Å². The fourth-order valence-corrected chi connectivity index (χ4v) is 4.10. The van der Waals surface area contributed by atoms with E-state index in [2.05, 4.69) is 15.2 Å². The summed E-state index contributed by atoms with van der Waals surface area (Å²) in [4.78, 5) is 19.4. The summed E-state index contributed by atoms with van der Waals surface area (Å²) in [5.74, 6) is 1.21. The van der Waals surface area contributed by atoms with Crippen molar-refractivity contribution in [2.75, 3.05) is 7.11 Å². The number of benzene rings is 2. The van der Waals surface area contributed by atoms with E-state index in [0.29, 0.717) is 28.1 Å². The van der Waals surface area contributed by atoms with Crippen LogP contribution >= 0.6 is 22.9 Å². The molecule has 0 aliphatic rings. The van der Waals surface area contributed by atoms with Crippen LogP contribution < -0.4 is 4.74 Å². The predicted molar refractivity (Wildman–Crippen MR) is 124 cm³/mol. The second-order valence-corrected chi connectivity index (χ2v) is 8.54. The summed E-state index contributed by atoms with van der Waals surface area (Å²) in [5, 5.41) is 11.2. The van der Waals surface area contributed by atoms with Crippen LogP contribution in [0.3, 0.4) is 0 Å². The first-order chi connectivity index (χ1) is 15.5. The molecule has 0 aliphatic carbocycles. The second-order valence-electron chi connectivity index (χ2n) is 7.27. The lowest BCUT2D eigenvalue weighted by molar-refractivity contribution is 0.0667. The summed E-state index contributed by atoms with van der Waals surface area (Å²) in [5.41, 5.74) is 1.95. The first kappa shape index (κ1) is 22.0. The minimum atomic E-state index is -0.200. The Morgan fingerprint density at radius 1 is 1.16 bits per heavy atom. The maximum Gasteiger partial charge on any atom is 0.274 e. The van der Waals surface area contributed by atoms with Crippen molar-refractivity contribution < 1.29 is 13.9 Å². The third kappa shape index (κ3) is 4.66. The van der Waals surface area contributed by atoms with Crippen molar-refractivity contribution >= 4 is 28.8 Å². The zero-order chi connectivity index (χ0) is 22.7. The maximum atomic E-state index is 13.2. The summed E-state index contributed by atoms with van der Waals surface area (Å²) in [6.07, 6.45) is 0. The molecule has 0 radical (unpaired) electrons.